The molecule has 0 unspecified atom stereocenters. The zero-order valence-electron chi connectivity index (χ0n) is 11.9. The molecule has 0 aliphatic carbocycles. The molecule has 0 N–H and O–H groups in total. The summed E-state index contributed by atoms with van der Waals surface area (Å²) < 4.78 is 0. The summed E-state index contributed by atoms with van der Waals surface area (Å²) in [6.07, 6.45) is -0.0449. The van der Waals surface area contributed by atoms with E-state index < -0.39 is 11.1 Å². The van der Waals surface area contributed by atoms with Gasteiger partial charge in [0.05, 0.1) is 16.9 Å². The Morgan fingerprint density at radius 1 is 1.06 bits per heavy atom. The second-order valence-electron chi connectivity index (χ2n) is 5.93. The van der Waals surface area contributed by atoms with Crippen molar-refractivity contribution in [1.29, 1.82) is 0 Å². The predicted octanol–water partition coefficient (Wildman–Crippen LogP) is 2.00. The van der Waals surface area contributed by atoms with Gasteiger partial charge in [-0.1, -0.05) is 0 Å². The van der Waals surface area contributed by atoms with Gasteiger partial charge in [-0.25, -0.2) is 0 Å². The lowest BCUT2D eigenvalue weighted by Gasteiger charge is -2.38. The van der Waals surface area contributed by atoms with Crippen LogP contribution in [0.15, 0.2) is 0 Å². The van der Waals surface area contributed by atoms with Crippen molar-refractivity contribution in [2.75, 3.05) is 0 Å². The summed E-state index contributed by atoms with van der Waals surface area (Å²) in [7, 11) is 0. The van der Waals surface area contributed by atoms with Gasteiger partial charge in [0.1, 0.15) is 16.4 Å². The van der Waals surface area contributed by atoms with Gasteiger partial charge in [0.15, 0.2) is 0 Å². The quantitative estimate of drug-likeness (QED) is 0.515. The van der Waals surface area contributed by atoms with Crippen molar-refractivity contribution >= 4 is 11.6 Å². The first-order valence-electron chi connectivity index (χ1n) is 5.83. The largest absolute Gasteiger partial charge is 0.704 e. The van der Waals surface area contributed by atoms with Gasteiger partial charge >= 0.3 is 0 Å². The summed E-state index contributed by atoms with van der Waals surface area (Å²) in [4.78, 5) is 34.4. The SMILES string of the molecule is CC(=O)CC(C)(C)N([O-])[N+](=O)C(C)(C)CC(C)=O. The molecule has 0 radical (unpaired) electrons. The molecule has 0 aliphatic rings. The molecule has 0 atom stereocenters. The monoisotopic (exact) mass is 258 g/mol. The Morgan fingerprint density at radius 3 is 1.78 bits per heavy atom. The van der Waals surface area contributed by atoms with Gasteiger partial charge in [0.2, 0.25) is 5.54 Å². The first-order chi connectivity index (χ1) is 7.90. The highest BCUT2D eigenvalue weighted by molar-refractivity contribution is 5.77. The Labute approximate surface area is 107 Å². The van der Waals surface area contributed by atoms with Crippen molar-refractivity contribution in [1.82, 2.24) is 5.17 Å². The van der Waals surface area contributed by atoms with E-state index in [-0.39, 0.29) is 34.4 Å². The Hall–Kier alpha value is -1.30. The number of ketones is 2. The normalized spacial score (nSPS) is 12.2. The highest BCUT2D eigenvalue weighted by Crippen LogP contribution is 2.24. The number of carbonyl (C=O) groups excluding carboxylic acids is 2. The van der Waals surface area contributed by atoms with E-state index in [4.69, 9.17) is 0 Å². The number of Topliss-reactive ketones (excluding diaryl/α,β-unsaturated/α-hetero) is 2. The summed E-state index contributed by atoms with van der Waals surface area (Å²) in [5.41, 5.74) is -2.25. The maximum absolute atomic E-state index is 12.0. The van der Waals surface area contributed by atoms with Gasteiger partial charge < -0.3 is 5.21 Å². The van der Waals surface area contributed by atoms with E-state index in [9.17, 15) is 19.7 Å². The van der Waals surface area contributed by atoms with Crippen LogP contribution >= 0.6 is 0 Å². The molecule has 0 fully saturated rings. The van der Waals surface area contributed by atoms with E-state index in [2.05, 4.69) is 0 Å². The van der Waals surface area contributed by atoms with Crippen molar-refractivity contribution in [3.8, 4) is 0 Å². The molecule has 0 spiro atoms. The summed E-state index contributed by atoms with van der Waals surface area (Å²) in [6, 6.07) is 0. The Bertz CT molecular complexity index is 361. The highest BCUT2D eigenvalue weighted by Gasteiger charge is 2.43. The van der Waals surface area contributed by atoms with Crippen LogP contribution in [0.1, 0.15) is 54.4 Å². The minimum atomic E-state index is -1.12. The molecule has 0 rings (SSSR count). The Morgan fingerprint density at radius 2 is 1.44 bits per heavy atom. The number of hydrogen-bond donors (Lipinski definition) is 0. The molecule has 0 amide bonds. The molecule has 6 nitrogen and oxygen atoms in total. The maximum Gasteiger partial charge on any atom is 0.244 e. The number of nitroso groups, excluding NO2 is 1. The fraction of sp³-hybridized carbons (Fsp3) is 0.833. The van der Waals surface area contributed by atoms with Crippen LogP contribution in [-0.2, 0) is 9.59 Å². The van der Waals surface area contributed by atoms with Crippen LogP contribution in [0.4, 0.5) is 0 Å². The van der Waals surface area contributed by atoms with Gasteiger partial charge in [-0.2, -0.15) is 5.17 Å². The van der Waals surface area contributed by atoms with Crippen molar-refractivity contribution in [3.63, 3.8) is 0 Å². The summed E-state index contributed by atoms with van der Waals surface area (Å²) in [6.45, 7) is 8.83. The van der Waals surface area contributed by atoms with Gasteiger partial charge in [0, 0.05) is 20.3 Å². The summed E-state index contributed by atoms with van der Waals surface area (Å²) in [5, 5.41) is 12.2. The minimum Gasteiger partial charge on any atom is -0.704 e. The molecule has 0 saturated heterocycles. The van der Waals surface area contributed by atoms with E-state index >= 15 is 0 Å². The topological polar surface area (TPSA) is 80.5 Å². The molecule has 6 heteroatoms. The van der Waals surface area contributed by atoms with Crippen LogP contribution in [0.25, 0.3) is 0 Å². The highest BCUT2D eigenvalue weighted by atomic mass is 16.6. The second-order valence-corrected chi connectivity index (χ2v) is 5.93. The van der Waals surface area contributed by atoms with Crippen LogP contribution in [0.2, 0.25) is 0 Å². The molecule has 0 saturated carbocycles. The number of hydroxylamine groups is 1. The van der Waals surface area contributed by atoms with Gasteiger partial charge in [0.25, 0.3) is 0 Å². The van der Waals surface area contributed by atoms with Crippen LogP contribution in [0, 0.1) is 10.1 Å². The predicted molar refractivity (Wildman–Crippen MR) is 67.6 cm³/mol. The van der Waals surface area contributed by atoms with Gasteiger partial charge in [-0.3, -0.25) is 9.59 Å². The number of rotatable bonds is 7. The smallest absolute Gasteiger partial charge is 0.244 e. The van der Waals surface area contributed by atoms with Crippen molar-refractivity contribution < 1.29 is 14.5 Å². The van der Waals surface area contributed by atoms with Crippen LogP contribution in [0.3, 0.4) is 0 Å². The van der Waals surface area contributed by atoms with Crippen LogP contribution < -0.4 is 0 Å². The fourth-order valence-electron chi connectivity index (χ4n) is 1.85. The molecule has 104 valence electrons. The molecule has 0 aliphatic heterocycles. The van der Waals surface area contributed by atoms with Crippen molar-refractivity contribution in [3.05, 3.63) is 10.1 Å². The first kappa shape index (κ1) is 16.7. The molecule has 0 aromatic carbocycles. The third kappa shape index (κ3) is 4.52. The number of nitrogens with zero attached hydrogens (tertiary/aromatic N) is 2. The zero-order chi connectivity index (χ0) is 14.7. The lowest BCUT2D eigenvalue weighted by atomic mass is 9.96. The number of hydrogen-bond acceptors (Lipinski definition) is 4. The maximum atomic E-state index is 12.0. The Kier molecular flexibility index (Phi) is 5.16. The Balaban J connectivity index is 4.98. The van der Waals surface area contributed by atoms with E-state index in [0.717, 1.165) is 0 Å². The average molecular weight is 258 g/mol. The summed E-state index contributed by atoms with van der Waals surface area (Å²) in [5.74, 6) is -0.336. The fourth-order valence-corrected chi connectivity index (χ4v) is 1.85. The second kappa shape index (κ2) is 5.56. The molecular formula is C12H22N2O4. The van der Waals surface area contributed by atoms with Crippen molar-refractivity contribution in [2.24, 2.45) is 0 Å². The third-order valence-corrected chi connectivity index (χ3v) is 2.56. The van der Waals surface area contributed by atoms with Crippen LogP contribution in [-0.4, -0.2) is 32.7 Å². The molecule has 0 heterocycles. The number of carbonyl (C=O) groups is 2. The molecular weight excluding hydrogens is 236 g/mol. The van der Waals surface area contributed by atoms with Gasteiger partial charge in [-0.15, -0.1) is 0 Å². The lowest BCUT2D eigenvalue weighted by Crippen LogP contribution is -2.53. The van der Waals surface area contributed by atoms with E-state index in [0.29, 0.717) is 0 Å². The molecule has 18 heavy (non-hydrogen) atoms. The molecule has 0 aromatic rings. The zero-order valence-corrected chi connectivity index (χ0v) is 11.9. The van der Waals surface area contributed by atoms with Crippen molar-refractivity contribution in [2.45, 2.75) is 65.5 Å². The average Bonchev–Trinajstić information content (AvgIpc) is 2.11. The number of hydrazine groups is 1. The minimum absolute atomic E-state index is 0.0224. The molecule has 0 aromatic heterocycles. The third-order valence-electron chi connectivity index (χ3n) is 2.56. The first-order valence-corrected chi connectivity index (χ1v) is 5.83. The standard InChI is InChI=1S/C12H22N2O4/c1-9(15)7-11(3,4)13(17)14(18)12(5,6)8-10(2)16/h7-8H2,1-6H3. The van der Waals surface area contributed by atoms with E-state index in [1.807, 2.05) is 0 Å². The molecule has 0 bridgehead atoms. The van der Waals surface area contributed by atoms with E-state index in [1.165, 1.54) is 41.5 Å². The van der Waals surface area contributed by atoms with E-state index in [1.54, 1.807) is 0 Å². The van der Waals surface area contributed by atoms with Crippen LogP contribution in [0.5, 0.6) is 0 Å². The lowest BCUT2D eigenvalue weighted by molar-refractivity contribution is -0.760. The van der Waals surface area contributed by atoms with Gasteiger partial charge in [-0.05, 0) is 27.7 Å². The summed E-state index contributed by atoms with van der Waals surface area (Å²) >= 11 is 0.